The van der Waals surface area contributed by atoms with E-state index in [1.165, 1.54) is 0 Å². The predicted octanol–water partition coefficient (Wildman–Crippen LogP) is 1.05. The van der Waals surface area contributed by atoms with Gasteiger partial charge in [0.05, 0.1) is 18.8 Å². The fraction of sp³-hybridized carbons (Fsp3) is 0.588. The molecule has 3 aliphatic heterocycles. The van der Waals surface area contributed by atoms with Crippen LogP contribution in [-0.2, 0) is 19.0 Å². The average Bonchev–Trinajstić information content (AvgIpc) is 2.53. The molecule has 4 rings (SSSR count). The Morgan fingerprint density at radius 1 is 1.17 bits per heavy atom. The number of amides is 1. The highest BCUT2D eigenvalue weighted by atomic mass is 16.7. The first-order chi connectivity index (χ1) is 10.9. The van der Waals surface area contributed by atoms with Crippen molar-refractivity contribution < 1.29 is 24.1 Å². The number of rotatable bonds is 2. The molecule has 0 aliphatic carbocycles. The normalized spacial score (nSPS) is 36.9. The quantitative estimate of drug-likeness (QED) is 0.826. The minimum absolute atomic E-state index is 0.0766. The molecule has 3 heterocycles. The zero-order chi connectivity index (χ0) is 16.2. The highest BCUT2D eigenvalue weighted by molar-refractivity contribution is 5.86. The topological polar surface area (TPSA) is 68.2 Å². The van der Waals surface area contributed by atoms with E-state index in [9.17, 15) is 9.90 Å². The Bertz CT molecular complexity index is 599. The largest absolute Gasteiger partial charge is 0.389 e. The van der Waals surface area contributed by atoms with Gasteiger partial charge in [-0.25, -0.2) is 0 Å². The molecule has 124 valence electrons. The summed E-state index contributed by atoms with van der Waals surface area (Å²) < 4.78 is 17.7. The zero-order valence-electron chi connectivity index (χ0n) is 13.2. The summed E-state index contributed by atoms with van der Waals surface area (Å²) in [4.78, 5) is 13.9. The van der Waals surface area contributed by atoms with Gasteiger partial charge in [-0.05, 0) is 13.8 Å². The van der Waals surface area contributed by atoms with Crippen LogP contribution in [0.3, 0.4) is 0 Å². The molecule has 0 saturated carbocycles. The maximum absolute atomic E-state index is 12.3. The third-order valence-corrected chi connectivity index (χ3v) is 4.79. The second-order valence-electron chi connectivity index (χ2n) is 6.94. The number of aliphatic hydroxyl groups is 1. The van der Waals surface area contributed by atoms with E-state index < -0.39 is 17.8 Å². The van der Waals surface area contributed by atoms with Gasteiger partial charge >= 0.3 is 0 Å². The van der Waals surface area contributed by atoms with Crippen LogP contribution in [0.5, 0.6) is 0 Å². The van der Waals surface area contributed by atoms with Gasteiger partial charge < -0.3 is 24.2 Å². The number of nitrogens with zero attached hydrogens (tertiary/aromatic N) is 1. The van der Waals surface area contributed by atoms with Crippen molar-refractivity contribution in [1.82, 2.24) is 4.90 Å². The second-order valence-corrected chi connectivity index (χ2v) is 6.94. The van der Waals surface area contributed by atoms with Crippen LogP contribution in [-0.4, -0.2) is 53.1 Å². The predicted molar refractivity (Wildman–Crippen MR) is 80.2 cm³/mol. The Morgan fingerprint density at radius 3 is 2.61 bits per heavy atom. The summed E-state index contributed by atoms with van der Waals surface area (Å²) >= 11 is 0. The summed E-state index contributed by atoms with van der Waals surface area (Å²) in [6.07, 6.45) is -1.24. The Hall–Kier alpha value is -1.47. The number of hydrogen-bond acceptors (Lipinski definition) is 5. The van der Waals surface area contributed by atoms with E-state index in [-0.39, 0.29) is 24.3 Å². The third kappa shape index (κ3) is 2.46. The fourth-order valence-corrected chi connectivity index (χ4v) is 3.54. The molecular formula is C17H21NO5. The molecule has 0 spiro atoms. The van der Waals surface area contributed by atoms with Crippen LogP contribution >= 0.6 is 0 Å². The van der Waals surface area contributed by atoms with Gasteiger partial charge in [-0.2, -0.15) is 0 Å². The van der Waals surface area contributed by atoms with E-state index >= 15 is 0 Å². The molecule has 1 aromatic carbocycles. The van der Waals surface area contributed by atoms with E-state index in [0.717, 1.165) is 5.56 Å². The molecule has 6 heteroatoms. The number of carbonyl (C=O) groups is 1. The van der Waals surface area contributed by atoms with Crippen LogP contribution in [0.1, 0.15) is 25.7 Å². The van der Waals surface area contributed by atoms with E-state index in [4.69, 9.17) is 14.2 Å². The lowest BCUT2D eigenvalue weighted by atomic mass is 9.80. The molecule has 1 amide bonds. The van der Waals surface area contributed by atoms with E-state index in [1.807, 2.05) is 30.3 Å². The summed E-state index contributed by atoms with van der Waals surface area (Å²) in [5, 5.41) is 10.1. The summed E-state index contributed by atoms with van der Waals surface area (Å²) in [7, 11) is 0. The highest BCUT2D eigenvalue weighted by Gasteiger charge is 2.59. The highest BCUT2D eigenvalue weighted by Crippen LogP contribution is 2.42. The van der Waals surface area contributed by atoms with Crippen LogP contribution < -0.4 is 0 Å². The summed E-state index contributed by atoms with van der Waals surface area (Å²) in [6, 6.07) is 9.73. The van der Waals surface area contributed by atoms with Crippen LogP contribution in [0.2, 0.25) is 0 Å². The Balaban J connectivity index is 1.47. The lowest BCUT2D eigenvalue weighted by Crippen LogP contribution is -2.74. The Morgan fingerprint density at radius 2 is 1.91 bits per heavy atom. The number of ether oxygens (including phenoxy) is 3. The Labute approximate surface area is 134 Å². The van der Waals surface area contributed by atoms with Gasteiger partial charge in [0.15, 0.2) is 6.29 Å². The first-order valence-corrected chi connectivity index (χ1v) is 7.95. The van der Waals surface area contributed by atoms with Crippen molar-refractivity contribution in [1.29, 1.82) is 0 Å². The molecular weight excluding hydrogens is 298 g/mol. The first kappa shape index (κ1) is 15.1. The first-order valence-electron chi connectivity index (χ1n) is 7.95. The van der Waals surface area contributed by atoms with Gasteiger partial charge in [-0.1, -0.05) is 30.3 Å². The van der Waals surface area contributed by atoms with Crippen LogP contribution in [0.4, 0.5) is 0 Å². The maximum atomic E-state index is 12.3. The minimum atomic E-state index is -1.09. The van der Waals surface area contributed by atoms with Gasteiger partial charge in [0, 0.05) is 5.56 Å². The third-order valence-electron chi connectivity index (χ3n) is 4.79. The number of carbonyl (C=O) groups excluding carboxylic acids is 1. The van der Waals surface area contributed by atoms with Crippen molar-refractivity contribution in [3.63, 3.8) is 0 Å². The molecule has 0 bridgehead atoms. The molecule has 3 saturated heterocycles. The molecule has 5 atom stereocenters. The number of hydrogen-bond donors (Lipinski definition) is 1. The van der Waals surface area contributed by atoms with Crippen LogP contribution in [0.25, 0.3) is 0 Å². The molecule has 23 heavy (non-hydrogen) atoms. The van der Waals surface area contributed by atoms with Crippen molar-refractivity contribution in [2.45, 2.75) is 44.2 Å². The zero-order valence-corrected chi connectivity index (χ0v) is 13.2. The van der Waals surface area contributed by atoms with Crippen LogP contribution in [0, 0.1) is 5.92 Å². The molecule has 6 nitrogen and oxygen atoms in total. The number of β-lactam (4-membered cyclic amide) rings is 1. The summed E-state index contributed by atoms with van der Waals surface area (Å²) in [6.45, 7) is 4.18. The van der Waals surface area contributed by atoms with Crippen LogP contribution in [0.15, 0.2) is 30.3 Å². The fourth-order valence-electron chi connectivity index (χ4n) is 3.54. The monoisotopic (exact) mass is 319 g/mol. The molecule has 0 unspecified atom stereocenters. The van der Waals surface area contributed by atoms with Gasteiger partial charge in [0.25, 0.3) is 0 Å². The van der Waals surface area contributed by atoms with E-state index in [2.05, 4.69) is 0 Å². The van der Waals surface area contributed by atoms with Crippen molar-refractivity contribution >= 4 is 5.91 Å². The van der Waals surface area contributed by atoms with Gasteiger partial charge in [0.2, 0.25) is 5.91 Å². The maximum Gasteiger partial charge on any atom is 0.235 e. The summed E-state index contributed by atoms with van der Waals surface area (Å²) in [5.41, 5.74) is -0.133. The SMILES string of the molecule is CC(C)(O)[C@H]1C(=O)N2C[C@@H]3O[C@H](c4ccccc4)OC[C@H]3O[C@H]12. The molecule has 3 fully saturated rings. The van der Waals surface area contributed by atoms with Crippen molar-refractivity contribution in [3.05, 3.63) is 35.9 Å². The molecule has 1 N–H and O–H groups in total. The Kier molecular flexibility index (Phi) is 3.46. The van der Waals surface area contributed by atoms with Crippen molar-refractivity contribution in [3.8, 4) is 0 Å². The lowest BCUT2D eigenvalue weighted by Gasteiger charge is -2.57. The minimum Gasteiger partial charge on any atom is -0.389 e. The molecule has 0 radical (unpaired) electrons. The number of fused-ring (bicyclic) bond motifs is 2. The lowest BCUT2D eigenvalue weighted by molar-refractivity contribution is -0.332. The van der Waals surface area contributed by atoms with E-state index in [0.29, 0.717) is 13.2 Å². The van der Waals surface area contributed by atoms with E-state index in [1.54, 1.807) is 18.7 Å². The van der Waals surface area contributed by atoms with Gasteiger partial charge in [-0.3, -0.25) is 4.79 Å². The molecule has 1 aromatic rings. The molecule has 3 aliphatic rings. The van der Waals surface area contributed by atoms with Crippen molar-refractivity contribution in [2.75, 3.05) is 13.2 Å². The van der Waals surface area contributed by atoms with Gasteiger partial charge in [0.1, 0.15) is 24.4 Å². The average molecular weight is 319 g/mol. The summed E-state index contributed by atoms with van der Waals surface area (Å²) in [5.74, 6) is -0.595. The standard InChI is InChI=1S/C17H21NO5/c1-17(2,20)13-14(19)18-8-11-12(22-15(13)18)9-21-16(23-11)10-6-4-3-5-7-10/h3-7,11-13,15-16,20H,8-9H2,1-2H3/t11-,12+,13-,15+,16+/m0/s1. The molecule has 0 aromatic heterocycles. The number of benzene rings is 1. The van der Waals surface area contributed by atoms with Gasteiger partial charge in [-0.15, -0.1) is 0 Å². The smallest absolute Gasteiger partial charge is 0.235 e. The second kappa shape index (κ2) is 5.27. The van der Waals surface area contributed by atoms with Crippen molar-refractivity contribution in [2.24, 2.45) is 5.92 Å².